The number of carbonyl (C=O) groups excluding carboxylic acids is 3. The van der Waals surface area contributed by atoms with Gasteiger partial charge < -0.3 is 9.47 Å². The molecule has 0 bridgehead atoms. The van der Waals surface area contributed by atoms with Crippen LogP contribution in [0.4, 0.5) is 0 Å². The first-order chi connectivity index (χ1) is 6.39. The van der Waals surface area contributed by atoms with Crippen molar-refractivity contribution in [3.05, 3.63) is 12.2 Å². The van der Waals surface area contributed by atoms with E-state index in [-0.39, 0.29) is 0 Å². The molecule has 5 heteroatoms. The fraction of sp³-hybridized carbons (Fsp3) is 0.444. The summed E-state index contributed by atoms with van der Waals surface area (Å²) in [6.45, 7) is 3.71. The van der Waals surface area contributed by atoms with Crippen molar-refractivity contribution in [1.82, 2.24) is 0 Å². The number of hydrogen-bond donors (Lipinski definition) is 0. The molecule has 0 aliphatic rings. The second kappa shape index (κ2) is 5.16. The molecule has 0 saturated carbocycles. The van der Waals surface area contributed by atoms with Crippen LogP contribution in [0.15, 0.2) is 12.2 Å². The lowest BCUT2D eigenvalue weighted by atomic mass is 10.3. The van der Waals surface area contributed by atoms with Crippen molar-refractivity contribution >= 4 is 18.2 Å². The van der Waals surface area contributed by atoms with Crippen LogP contribution < -0.4 is 0 Å². The quantitative estimate of drug-likeness (QED) is 0.287. The van der Waals surface area contributed by atoms with Gasteiger partial charge in [0.05, 0.1) is 0 Å². The zero-order valence-electron chi connectivity index (χ0n) is 8.27. The molecule has 0 aliphatic heterocycles. The predicted octanol–water partition coefficient (Wildman–Crippen LogP) is 0.584. The van der Waals surface area contributed by atoms with Crippen molar-refractivity contribution in [2.45, 2.75) is 26.6 Å². The number of rotatable bonds is 4. The van der Waals surface area contributed by atoms with E-state index in [1.165, 1.54) is 26.8 Å². The van der Waals surface area contributed by atoms with E-state index in [1.54, 1.807) is 0 Å². The number of esters is 2. The number of hydrogen-bond acceptors (Lipinski definition) is 5. The van der Waals surface area contributed by atoms with Crippen LogP contribution in [0.3, 0.4) is 0 Å². The highest BCUT2D eigenvalue weighted by Crippen LogP contribution is 2.14. The average Bonchev–Trinajstić information content (AvgIpc) is 1.97. The van der Waals surface area contributed by atoms with Gasteiger partial charge in [-0.25, -0.2) is 0 Å². The number of carbonyl (C=O) groups is 3. The smallest absolute Gasteiger partial charge is 0.306 e. The predicted molar refractivity (Wildman–Crippen MR) is 47.1 cm³/mol. The lowest BCUT2D eigenvalue weighted by molar-refractivity contribution is -0.203. The molecule has 0 aromatic heterocycles. The zero-order chi connectivity index (χ0) is 11.2. The maximum Gasteiger partial charge on any atom is 0.306 e. The second-order valence-corrected chi connectivity index (χ2v) is 2.70. The summed E-state index contributed by atoms with van der Waals surface area (Å²) in [5, 5.41) is 0. The van der Waals surface area contributed by atoms with E-state index >= 15 is 0 Å². The van der Waals surface area contributed by atoms with Gasteiger partial charge in [0.1, 0.15) is 6.29 Å². The Bertz CT molecular complexity index is 250. The SMILES string of the molecule is CC(=O)OC(C)(C=CC=O)OC(C)=O. The van der Waals surface area contributed by atoms with E-state index in [2.05, 4.69) is 0 Å². The summed E-state index contributed by atoms with van der Waals surface area (Å²) < 4.78 is 9.45. The summed E-state index contributed by atoms with van der Waals surface area (Å²) in [4.78, 5) is 31.4. The molecule has 78 valence electrons. The third-order valence-corrected chi connectivity index (χ3v) is 1.17. The molecule has 0 aromatic carbocycles. The molecule has 0 fully saturated rings. The van der Waals surface area contributed by atoms with E-state index in [0.717, 1.165) is 6.08 Å². The summed E-state index contributed by atoms with van der Waals surface area (Å²) in [7, 11) is 0. The van der Waals surface area contributed by atoms with Gasteiger partial charge in [0.2, 0.25) is 0 Å². The molecule has 0 spiro atoms. The molecule has 0 aromatic rings. The fourth-order valence-corrected chi connectivity index (χ4v) is 0.874. The van der Waals surface area contributed by atoms with Gasteiger partial charge in [-0.15, -0.1) is 0 Å². The molecule has 0 amide bonds. The molecule has 0 unspecified atom stereocenters. The van der Waals surface area contributed by atoms with Gasteiger partial charge in [-0.3, -0.25) is 14.4 Å². The van der Waals surface area contributed by atoms with Crippen LogP contribution in [0.1, 0.15) is 20.8 Å². The minimum absolute atomic E-state index is 0.491. The van der Waals surface area contributed by atoms with Crippen LogP contribution in [-0.4, -0.2) is 24.0 Å². The number of allylic oxidation sites excluding steroid dienone is 1. The topological polar surface area (TPSA) is 69.7 Å². The zero-order valence-corrected chi connectivity index (χ0v) is 8.27. The molecule has 0 atom stereocenters. The molecular formula is C9H12O5. The third kappa shape index (κ3) is 5.08. The minimum atomic E-state index is -1.52. The van der Waals surface area contributed by atoms with Crippen LogP contribution >= 0.6 is 0 Å². The Kier molecular flexibility index (Phi) is 4.55. The maximum atomic E-state index is 10.7. The highest BCUT2D eigenvalue weighted by molar-refractivity contribution is 5.70. The van der Waals surface area contributed by atoms with Gasteiger partial charge in [-0.05, 0) is 6.08 Å². The number of aldehydes is 1. The van der Waals surface area contributed by atoms with Crippen LogP contribution in [-0.2, 0) is 23.9 Å². The van der Waals surface area contributed by atoms with Gasteiger partial charge in [0, 0.05) is 26.8 Å². The Morgan fingerprint density at radius 2 is 1.57 bits per heavy atom. The van der Waals surface area contributed by atoms with E-state index < -0.39 is 17.7 Å². The second-order valence-electron chi connectivity index (χ2n) is 2.70. The number of ether oxygens (including phenoxy) is 2. The van der Waals surface area contributed by atoms with Crippen molar-refractivity contribution in [3.8, 4) is 0 Å². The van der Waals surface area contributed by atoms with Crippen LogP contribution in [0.5, 0.6) is 0 Å². The lowest BCUT2D eigenvalue weighted by Crippen LogP contribution is -2.33. The molecule has 5 nitrogen and oxygen atoms in total. The summed E-state index contributed by atoms with van der Waals surface area (Å²) in [5.74, 6) is -2.73. The van der Waals surface area contributed by atoms with E-state index in [1.807, 2.05) is 0 Å². The highest BCUT2D eigenvalue weighted by Gasteiger charge is 2.27. The molecule has 0 aliphatic carbocycles. The maximum absolute atomic E-state index is 10.7. The standard InChI is InChI=1S/C9H12O5/c1-7(11)13-9(3,5-4-6-10)14-8(2)12/h4-6H,1-3H3. The fourth-order valence-electron chi connectivity index (χ4n) is 0.874. The van der Waals surface area contributed by atoms with E-state index in [0.29, 0.717) is 6.29 Å². The van der Waals surface area contributed by atoms with Crippen molar-refractivity contribution in [3.63, 3.8) is 0 Å². The van der Waals surface area contributed by atoms with Gasteiger partial charge in [0.25, 0.3) is 5.79 Å². The normalized spacial score (nSPS) is 11.1. The van der Waals surface area contributed by atoms with Crippen LogP contribution in [0, 0.1) is 0 Å². The van der Waals surface area contributed by atoms with Gasteiger partial charge in [-0.1, -0.05) is 0 Å². The average molecular weight is 200 g/mol. The molecule has 0 heterocycles. The lowest BCUT2D eigenvalue weighted by Gasteiger charge is -2.24. The first-order valence-corrected chi connectivity index (χ1v) is 3.92. The summed E-state index contributed by atoms with van der Waals surface area (Å²) >= 11 is 0. The van der Waals surface area contributed by atoms with Gasteiger partial charge in [-0.2, -0.15) is 0 Å². The Labute approximate surface area is 81.7 Å². The molecule has 14 heavy (non-hydrogen) atoms. The Hall–Kier alpha value is -1.65. The van der Waals surface area contributed by atoms with Crippen molar-refractivity contribution in [2.24, 2.45) is 0 Å². The van der Waals surface area contributed by atoms with Crippen molar-refractivity contribution in [2.75, 3.05) is 0 Å². The van der Waals surface area contributed by atoms with Gasteiger partial charge in [0.15, 0.2) is 0 Å². The summed E-state index contributed by atoms with van der Waals surface area (Å²) in [6, 6.07) is 0. The van der Waals surface area contributed by atoms with Crippen molar-refractivity contribution in [1.29, 1.82) is 0 Å². The molecule has 0 rings (SSSR count). The van der Waals surface area contributed by atoms with Gasteiger partial charge >= 0.3 is 11.9 Å². The summed E-state index contributed by atoms with van der Waals surface area (Å²) in [6.07, 6.45) is 2.76. The monoisotopic (exact) mass is 200 g/mol. The van der Waals surface area contributed by atoms with Crippen LogP contribution in [0.25, 0.3) is 0 Å². The van der Waals surface area contributed by atoms with Crippen LogP contribution in [0.2, 0.25) is 0 Å². The largest absolute Gasteiger partial charge is 0.419 e. The molecule has 0 N–H and O–H groups in total. The van der Waals surface area contributed by atoms with E-state index in [4.69, 9.17) is 9.47 Å². The summed E-state index contributed by atoms with van der Waals surface area (Å²) in [5.41, 5.74) is 0. The first kappa shape index (κ1) is 12.3. The Balaban J connectivity index is 4.64. The highest BCUT2D eigenvalue weighted by atomic mass is 16.7. The molecule has 0 radical (unpaired) electrons. The molecule has 0 saturated heterocycles. The Morgan fingerprint density at radius 3 is 1.86 bits per heavy atom. The molecular weight excluding hydrogens is 188 g/mol. The van der Waals surface area contributed by atoms with Crippen molar-refractivity contribution < 1.29 is 23.9 Å². The third-order valence-electron chi connectivity index (χ3n) is 1.17. The minimum Gasteiger partial charge on any atom is -0.419 e. The first-order valence-electron chi connectivity index (χ1n) is 3.92. The van der Waals surface area contributed by atoms with E-state index in [9.17, 15) is 14.4 Å². The Morgan fingerprint density at radius 1 is 1.14 bits per heavy atom.